The molecule has 0 atom stereocenters. The average molecular weight is 712 g/mol. The third kappa shape index (κ3) is 5.32. The molecule has 3 heteroatoms. The van der Waals surface area contributed by atoms with Gasteiger partial charge in [-0.2, -0.15) is 0 Å². The van der Waals surface area contributed by atoms with Crippen LogP contribution in [-0.2, 0) is 0 Å². The van der Waals surface area contributed by atoms with Crippen LogP contribution >= 0.6 is 0 Å². The van der Waals surface area contributed by atoms with Crippen LogP contribution in [-0.4, -0.2) is 15.0 Å². The molecule has 11 rings (SSSR count). The third-order valence-corrected chi connectivity index (χ3v) is 11.1. The minimum Gasteiger partial charge on any atom is -0.247 e. The highest BCUT2D eigenvalue weighted by molar-refractivity contribution is 6.33. The molecule has 0 aliphatic carbocycles. The van der Waals surface area contributed by atoms with Gasteiger partial charge in [0, 0.05) is 38.2 Å². The van der Waals surface area contributed by atoms with Crippen LogP contribution in [0.25, 0.3) is 110 Å². The van der Waals surface area contributed by atoms with Crippen molar-refractivity contribution in [2.24, 2.45) is 0 Å². The fourth-order valence-electron chi connectivity index (χ4n) is 8.37. The van der Waals surface area contributed by atoms with Crippen LogP contribution in [0.3, 0.4) is 0 Å². The molecule has 0 saturated carbocycles. The van der Waals surface area contributed by atoms with Crippen LogP contribution in [0.5, 0.6) is 0 Å². The van der Waals surface area contributed by atoms with Crippen LogP contribution in [0.4, 0.5) is 0 Å². The summed E-state index contributed by atoms with van der Waals surface area (Å²) in [5, 5.41) is 9.63. The molecule has 9 aromatic carbocycles. The van der Waals surface area contributed by atoms with Gasteiger partial charge in [-0.05, 0) is 62.0 Å². The maximum atomic E-state index is 5.34. The van der Waals surface area contributed by atoms with Gasteiger partial charge in [0.25, 0.3) is 0 Å². The van der Waals surface area contributed by atoms with E-state index in [-0.39, 0.29) is 0 Å². The van der Waals surface area contributed by atoms with Gasteiger partial charge in [-0.1, -0.05) is 182 Å². The normalized spacial score (nSPS) is 11.6. The van der Waals surface area contributed by atoms with E-state index in [1.54, 1.807) is 0 Å². The van der Waals surface area contributed by atoms with E-state index >= 15 is 0 Å². The SMILES string of the molecule is c1ccc(-c2cccc(-c3nc(-c4ccc(-c5ccc(-c6nc7ccccc7c7c8ccccc8c8ccccc8c67)cc5)cc4)c4ccccc4n3)c2)cc1. The number of hydrogen-bond acceptors (Lipinski definition) is 3. The molecule has 0 aliphatic heterocycles. The van der Waals surface area contributed by atoms with Gasteiger partial charge in [-0.25, -0.2) is 15.0 Å². The summed E-state index contributed by atoms with van der Waals surface area (Å²) < 4.78 is 0. The summed E-state index contributed by atoms with van der Waals surface area (Å²) in [6.45, 7) is 0. The molecular weight excluding hydrogens is 679 g/mol. The van der Waals surface area contributed by atoms with Gasteiger partial charge in [0.15, 0.2) is 5.82 Å². The smallest absolute Gasteiger partial charge is 0.160 e. The number of fused-ring (bicyclic) bond motifs is 9. The number of benzene rings is 9. The second-order valence-corrected chi connectivity index (χ2v) is 14.3. The van der Waals surface area contributed by atoms with Gasteiger partial charge >= 0.3 is 0 Å². The van der Waals surface area contributed by atoms with Gasteiger partial charge in [-0.15, -0.1) is 0 Å². The molecular formula is C53H33N3. The zero-order valence-corrected chi connectivity index (χ0v) is 30.4. The van der Waals surface area contributed by atoms with E-state index in [1.165, 1.54) is 43.3 Å². The third-order valence-electron chi connectivity index (χ3n) is 11.1. The molecule has 0 fully saturated rings. The lowest BCUT2D eigenvalue weighted by Crippen LogP contribution is -1.95. The first-order chi connectivity index (χ1) is 27.8. The van der Waals surface area contributed by atoms with Gasteiger partial charge in [0.1, 0.15) is 0 Å². The molecule has 2 heterocycles. The Kier molecular flexibility index (Phi) is 7.49. The number of rotatable bonds is 5. The standard InChI is InChI=1S/C53H33N3/c1-2-13-34(14-3-1)39-15-12-16-40(33-39)53-55-48-24-11-9-22-46(48)51(56-53)37-29-25-35(26-30-37)36-27-31-38(32-28-36)52-50-44-20-7-5-18-42(44)41-17-4-6-19-43(41)49(50)45-21-8-10-23-47(45)54-52/h1-33H. The highest BCUT2D eigenvalue weighted by atomic mass is 14.9. The Bertz CT molecular complexity index is 3280. The molecule has 0 aliphatic rings. The van der Waals surface area contributed by atoms with Crippen LogP contribution in [0.1, 0.15) is 0 Å². The minimum absolute atomic E-state index is 0.715. The molecule has 0 saturated heterocycles. The monoisotopic (exact) mass is 711 g/mol. The van der Waals surface area contributed by atoms with Crippen molar-refractivity contribution in [2.45, 2.75) is 0 Å². The van der Waals surface area contributed by atoms with Crippen LogP contribution < -0.4 is 0 Å². The Morgan fingerprint density at radius 2 is 0.679 bits per heavy atom. The summed E-state index contributed by atoms with van der Waals surface area (Å²) in [4.78, 5) is 15.5. The second-order valence-electron chi connectivity index (χ2n) is 14.3. The van der Waals surface area contributed by atoms with Gasteiger partial charge in [-0.3, -0.25) is 0 Å². The highest BCUT2D eigenvalue weighted by Gasteiger charge is 2.18. The zero-order chi connectivity index (χ0) is 37.0. The number of pyridine rings is 1. The predicted molar refractivity (Wildman–Crippen MR) is 235 cm³/mol. The van der Waals surface area contributed by atoms with E-state index in [1.807, 2.05) is 12.1 Å². The van der Waals surface area contributed by atoms with E-state index in [4.69, 9.17) is 15.0 Å². The van der Waals surface area contributed by atoms with Crippen molar-refractivity contribution >= 4 is 54.1 Å². The summed E-state index contributed by atoms with van der Waals surface area (Å²) in [6, 6.07) is 70.9. The fraction of sp³-hybridized carbons (Fsp3) is 0. The summed E-state index contributed by atoms with van der Waals surface area (Å²) in [5.74, 6) is 0.715. The van der Waals surface area contributed by atoms with Crippen molar-refractivity contribution in [1.29, 1.82) is 0 Å². The molecule has 0 N–H and O–H groups in total. The maximum absolute atomic E-state index is 5.34. The molecule has 260 valence electrons. The Hall–Kier alpha value is -7.49. The summed E-state index contributed by atoms with van der Waals surface area (Å²) in [5.41, 5.74) is 11.6. The Labute approximate surface area is 324 Å². The minimum atomic E-state index is 0.715. The maximum Gasteiger partial charge on any atom is 0.160 e. The molecule has 0 bridgehead atoms. The molecule has 0 radical (unpaired) electrons. The molecule has 0 unspecified atom stereocenters. The number of aromatic nitrogens is 3. The lowest BCUT2D eigenvalue weighted by atomic mass is 9.89. The van der Waals surface area contributed by atoms with Gasteiger partial charge in [0.2, 0.25) is 0 Å². The fourth-order valence-corrected chi connectivity index (χ4v) is 8.37. The summed E-state index contributed by atoms with van der Waals surface area (Å²) in [6.07, 6.45) is 0. The van der Waals surface area contributed by atoms with Crippen LogP contribution in [0.15, 0.2) is 200 Å². The Morgan fingerprint density at radius 1 is 0.232 bits per heavy atom. The van der Waals surface area contributed by atoms with Crippen LogP contribution in [0.2, 0.25) is 0 Å². The number of para-hydroxylation sites is 2. The number of nitrogens with zero attached hydrogens (tertiary/aromatic N) is 3. The van der Waals surface area contributed by atoms with Crippen molar-refractivity contribution in [2.75, 3.05) is 0 Å². The zero-order valence-electron chi connectivity index (χ0n) is 30.4. The Balaban J connectivity index is 0.989. The lowest BCUT2D eigenvalue weighted by molar-refractivity contribution is 1.23. The largest absolute Gasteiger partial charge is 0.247 e. The van der Waals surface area contributed by atoms with Crippen LogP contribution in [0, 0.1) is 0 Å². The van der Waals surface area contributed by atoms with E-state index in [0.29, 0.717) is 5.82 Å². The second kappa shape index (κ2) is 13.1. The average Bonchev–Trinajstić information content (AvgIpc) is 3.28. The lowest BCUT2D eigenvalue weighted by Gasteiger charge is -2.16. The van der Waals surface area contributed by atoms with Crippen molar-refractivity contribution in [1.82, 2.24) is 15.0 Å². The molecule has 11 aromatic rings. The first-order valence-electron chi connectivity index (χ1n) is 19.0. The van der Waals surface area contributed by atoms with Crippen molar-refractivity contribution in [3.63, 3.8) is 0 Å². The molecule has 0 amide bonds. The Morgan fingerprint density at radius 3 is 1.34 bits per heavy atom. The van der Waals surface area contributed by atoms with E-state index < -0.39 is 0 Å². The van der Waals surface area contributed by atoms with E-state index in [0.717, 1.165) is 61.2 Å². The van der Waals surface area contributed by atoms with Crippen molar-refractivity contribution in [3.8, 4) is 56.2 Å². The first kappa shape index (κ1) is 32.0. The quantitative estimate of drug-likeness (QED) is 0.167. The molecule has 2 aromatic heterocycles. The summed E-state index contributed by atoms with van der Waals surface area (Å²) in [7, 11) is 0. The molecule has 56 heavy (non-hydrogen) atoms. The summed E-state index contributed by atoms with van der Waals surface area (Å²) >= 11 is 0. The topological polar surface area (TPSA) is 38.7 Å². The first-order valence-corrected chi connectivity index (χ1v) is 19.0. The van der Waals surface area contributed by atoms with Gasteiger partial charge in [0.05, 0.1) is 22.4 Å². The highest BCUT2D eigenvalue weighted by Crippen LogP contribution is 2.43. The van der Waals surface area contributed by atoms with E-state index in [2.05, 4.69) is 188 Å². The predicted octanol–water partition coefficient (Wildman–Crippen LogP) is 14.0. The van der Waals surface area contributed by atoms with Crippen molar-refractivity contribution in [3.05, 3.63) is 200 Å². The molecule has 0 spiro atoms. The van der Waals surface area contributed by atoms with Gasteiger partial charge < -0.3 is 0 Å². The number of hydrogen-bond donors (Lipinski definition) is 0. The van der Waals surface area contributed by atoms with E-state index in [9.17, 15) is 0 Å². The van der Waals surface area contributed by atoms with Crippen molar-refractivity contribution < 1.29 is 0 Å². The molecule has 3 nitrogen and oxygen atoms in total.